The summed E-state index contributed by atoms with van der Waals surface area (Å²) in [6, 6.07) is 15.4. The summed E-state index contributed by atoms with van der Waals surface area (Å²) in [6.07, 6.45) is 5.57. The fourth-order valence-corrected chi connectivity index (χ4v) is 6.58. The molecule has 0 radical (unpaired) electrons. The third-order valence-electron chi connectivity index (χ3n) is 7.08. The highest BCUT2D eigenvalue weighted by molar-refractivity contribution is 7.91. The van der Waals surface area contributed by atoms with Crippen molar-refractivity contribution in [1.29, 1.82) is 0 Å². The van der Waals surface area contributed by atoms with Gasteiger partial charge in [-0.15, -0.1) is 0 Å². The van der Waals surface area contributed by atoms with Crippen LogP contribution in [0, 0.1) is 5.82 Å². The fraction of sp³-hybridized carbons (Fsp3) is 0.167. The van der Waals surface area contributed by atoms with Crippen LogP contribution in [0.3, 0.4) is 0 Å². The molecule has 0 saturated carbocycles. The van der Waals surface area contributed by atoms with Crippen molar-refractivity contribution < 1.29 is 21.2 Å². The molecule has 6 aromatic rings. The van der Waals surface area contributed by atoms with Crippen molar-refractivity contribution in [3.8, 4) is 33.8 Å². The largest absolute Gasteiger partial charge is 0.353 e. The van der Waals surface area contributed by atoms with Crippen LogP contribution in [0.2, 0.25) is 0 Å². The topological polar surface area (TPSA) is 163 Å². The van der Waals surface area contributed by atoms with E-state index in [1.54, 1.807) is 24.5 Å². The summed E-state index contributed by atoms with van der Waals surface area (Å²) in [6.45, 7) is 2.32. The van der Waals surface area contributed by atoms with Gasteiger partial charge >= 0.3 is 0 Å². The van der Waals surface area contributed by atoms with Crippen LogP contribution in [0.4, 0.5) is 4.39 Å². The zero-order valence-electron chi connectivity index (χ0n) is 23.7. The number of rotatable bonds is 10. The third kappa shape index (κ3) is 6.10. The molecule has 0 amide bonds. The molecule has 4 N–H and O–H groups in total. The molecule has 6 rings (SSSR count). The molecule has 0 saturated heterocycles. The van der Waals surface area contributed by atoms with Crippen LogP contribution in [0.25, 0.3) is 55.6 Å². The molecule has 2 aromatic carbocycles. The Bertz CT molecular complexity index is 2250. The maximum atomic E-state index is 14.6. The van der Waals surface area contributed by atoms with Gasteiger partial charge in [-0.1, -0.05) is 19.1 Å². The van der Waals surface area contributed by atoms with E-state index in [1.165, 1.54) is 18.3 Å². The Labute approximate surface area is 252 Å². The van der Waals surface area contributed by atoms with Crippen LogP contribution in [0.5, 0.6) is 0 Å². The second-order valence-corrected chi connectivity index (χ2v) is 14.2. The number of benzene rings is 2. The summed E-state index contributed by atoms with van der Waals surface area (Å²) in [5.41, 5.74) is 5.71. The van der Waals surface area contributed by atoms with E-state index < -0.39 is 25.7 Å². The van der Waals surface area contributed by atoms with Crippen LogP contribution >= 0.6 is 0 Å². The first-order chi connectivity index (χ1) is 21.0. The van der Waals surface area contributed by atoms with E-state index in [4.69, 9.17) is 0 Å². The summed E-state index contributed by atoms with van der Waals surface area (Å²) in [5, 5.41) is 11.9. The normalized spacial score (nSPS) is 12.3. The minimum Gasteiger partial charge on any atom is -0.353 e. The van der Waals surface area contributed by atoms with E-state index in [0.29, 0.717) is 45.8 Å². The molecule has 11 nitrogen and oxygen atoms in total. The van der Waals surface area contributed by atoms with E-state index in [9.17, 15) is 21.2 Å². The van der Waals surface area contributed by atoms with Gasteiger partial charge in [0.1, 0.15) is 17.4 Å². The van der Waals surface area contributed by atoms with Gasteiger partial charge in [0.15, 0.2) is 9.84 Å². The molecule has 14 heteroatoms. The fourth-order valence-electron chi connectivity index (χ4n) is 4.99. The summed E-state index contributed by atoms with van der Waals surface area (Å²) in [4.78, 5) is 12.1. The predicted molar refractivity (Wildman–Crippen MR) is 167 cm³/mol. The highest BCUT2D eigenvalue weighted by atomic mass is 32.2. The Morgan fingerprint density at radius 3 is 2.55 bits per heavy atom. The molecule has 0 aliphatic rings. The minimum atomic E-state index is -3.57. The van der Waals surface area contributed by atoms with Gasteiger partial charge in [0.25, 0.3) is 0 Å². The van der Waals surface area contributed by atoms with Crippen LogP contribution in [-0.2, 0) is 26.4 Å². The monoisotopic (exact) mass is 633 g/mol. The first kappa shape index (κ1) is 29.6. The number of H-pyrrole nitrogens is 2. The highest BCUT2D eigenvalue weighted by Gasteiger charge is 2.18. The maximum absolute atomic E-state index is 14.6. The van der Waals surface area contributed by atoms with E-state index in [0.717, 1.165) is 28.1 Å². The van der Waals surface area contributed by atoms with Gasteiger partial charge in [-0.2, -0.15) is 5.10 Å². The lowest BCUT2D eigenvalue weighted by molar-refractivity contribution is 0.585. The molecule has 226 valence electrons. The number of fused-ring (bicyclic) bond motifs is 2. The quantitative estimate of drug-likeness (QED) is 0.173. The van der Waals surface area contributed by atoms with E-state index >= 15 is 0 Å². The van der Waals surface area contributed by atoms with Gasteiger partial charge in [0, 0.05) is 40.8 Å². The van der Waals surface area contributed by atoms with Crippen molar-refractivity contribution >= 4 is 41.7 Å². The van der Waals surface area contributed by atoms with Crippen LogP contribution < -0.4 is 10.0 Å². The van der Waals surface area contributed by atoms with Crippen molar-refractivity contribution in [2.24, 2.45) is 0 Å². The standard InChI is InChI=1S/C30H28FN7O4S2/c1-3-32-17-44(41,42)22-10-20(14-33-15-22)27-12-25-29(16-34-27)37-38-30(25)28-11-24-23(5-4-6-26(24)36-28)19-7-18(8-21(31)9-19)13-35-43(2,39)40/h4-12,14-16,32,35-36H,3,13,17H2,1-2H3,(H,37,38). The first-order valence-corrected chi connectivity index (χ1v) is 17.1. The Morgan fingerprint density at radius 1 is 0.909 bits per heavy atom. The Balaban J connectivity index is 1.39. The number of sulfone groups is 1. The summed E-state index contributed by atoms with van der Waals surface area (Å²) >= 11 is 0. The summed E-state index contributed by atoms with van der Waals surface area (Å²) in [5.74, 6) is -0.670. The molecule has 0 aliphatic heterocycles. The Hall–Kier alpha value is -4.50. The number of pyridine rings is 2. The van der Waals surface area contributed by atoms with Gasteiger partial charge in [0.2, 0.25) is 10.0 Å². The van der Waals surface area contributed by atoms with E-state index in [1.807, 2.05) is 37.3 Å². The maximum Gasteiger partial charge on any atom is 0.209 e. The number of aromatic nitrogens is 5. The molecule has 4 aromatic heterocycles. The van der Waals surface area contributed by atoms with Gasteiger partial charge in [-0.05, 0) is 65.7 Å². The Kier molecular flexibility index (Phi) is 7.75. The lowest BCUT2D eigenvalue weighted by atomic mass is 9.99. The molecule has 0 unspecified atom stereocenters. The number of hydrogen-bond donors (Lipinski definition) is 4. The van der Waals surface area contributed by atoms with Gasteiger partial charge < -0.3 is 10.3 Å². The zero-order chi connectivity index (χ0) is 31.1. The van der Waals surface area contributed by atoms with Gasteiger partial charge in [-0.3, -0.25) is 15.1 Å². The average Bonchev–Trinajstić information content (AvgIpc) is 3.62. The molecule has 0 aliphatic carbocycles. The number of halogens is 1. The average molecular weight is 634 g/mol. The van der Waals surface area contributed by atoms with Crippen molar-refractivity contribution in [1.82, 2.24) is 35.2 Å². The van der Waals surface area contributed by atoms with Crippen LogP contribution in [0.1, 0.15) is 12.5 Å². The molecule has 44 heavy (non-hydrogen) atoms. The van der Waals surface area contributed by atoms with Crippen molar-refractivity contribution in [3.63, 3.8) is 0 Å². The van der Waals surface area contributed by atoms with E-state index in [2.05, 4.69) is 35.2 Å². The van der Waals surface area contributed by atoms with Gasteiger partial charge in [0.05, 0.1) is 34.3 Å². The molecule has 0 bridgehead atoms. The highest BCUT2D eigenvalue weighted by Crippen LogP contribution is 2.35. The lowest BCUT2D eigenvalue weighted by Gasteiger charge is -2.08. The molecular formula is C30H28FN7O4S2. The molecule has 4 heterocycles. The number of aromatic amines is 2. The Morgan fingerprint density at radius 2 is 1.75 bits per heavy atom. The molecule has 0 atom stereocenters. The number of nitrogens with zero attached hydrogens (tertiary/aromatic N) is 3. The lowest BCUT2D eigenvalue weighted by Crippen LogP contribution is -2.22. The number of hydrogen-bond acceptors (Lipinski definition) is 8. The van der Waals surface area contributed by atoms with E-state index in [-0.39, 0.29) is 17.3 Å². The molecular weight excluding hydrogens is 606 g/mol. The van der Waals surface area contributed by atoms with Crippen molar-refractivity contribution in [2.45, 2.75) is 18.4 Å². The zero-order valence-corrected chi connectivity index (χ0v) is 25.4. The third-order valence-corrected chi connectivity index (χ3v) is 9.28. The first-order valence-electron chi connectivity index (χ1n) is 13.6. The number of nitrogens with one attached hydrogen (secondary N) is 4. The molecule has 0 fully saturated rings. The summed E-state index contributed by atoms with van der Waals surface area (Å²) < 4.78 is 65.6. The second-order valence-electron chi connectivity index (χ2n) is 10.4. The summed E-state index contributed by atoms with van der Waals surface area (Å²) in [7, 11) is -7.02. The predicted octanol–water partition coefficient (Wildman–Crippen LogP) is 4.36. The second kappa shape index (κ2) is 11.5. The minimum absolute atomic E-state index is 0.0342. The smallest absolute Gasteiger partial charge is 0.209 e. The molecule has 0 spiro atoms. The SMILES string of the molecule is CCNCS(=O)(=O)c1cncc(-c2cc3c(-c4cc5c(-c6cc(F)cc(CNS(C)(=O)=O)c6)cccc5[nH]4)n[nH]c3cn2)c1. The van der Waals surface area contributed by atoms with Crippen LogP contribution in [-0.4, -0.2) is 60.7 Å². The van der Waals surface area contributed by atoms with Gasteiger partial charge in [-0.25, -0.2) is 25.9 Å². The number of sulfonamides is 1. The van der Waals surface area contributed by atoms with Crippen molar-refractivity contribution in [3.05, 3.63) is 84.6 Å². The van der Waals surface area contributed by atoms with Crippen molar-refractivity contribution in [2.75, 3.05) is 18.7 Å². The van der Waals surface area contributed by atoms with Crippen LogP contribution in [0.15, 0.2) is 78.1 Å².